The van der Waals surface area contributed by atoms with Gasteiger partial charge in [0, 0.05) is 6.54 Å². The molecule has 3 heteroatoms. The number of nitrogens with zero attached hydrogens (tertiary/aromatic N) is 1. The minimum Gasteiger partial charge on any atom is -0.480 e. The van der Waals surface area contributed by atoms with Gasteiger partial charge in [0.25, 0.3) is 0 Å². The van der Waals surface area contributed by atoms with Crippen LogP contribution in [0.2, 0.25) is 0 Å². The quantitative estimate of drug-likeness (QED) is 0.158. The van der Waals surface area contributed by atoms with Crippen LogP contribution in [0.1, 0.15) is 155 Å². The van der Waals surface area contributed by atoms with Crippen LogP contribution in [0.5, 0.6) is 0 Å². The first kappa shape index (κ1) is 29.5. The number of unbranched alkanes of at least 4 members (excludes halogenated alkanes) is 16. The van der Waals surface area contributed by atoms with E-state index in [4.69, 9.17) is 0 Å². The molecule has 1 aliphatic rings. The number of rotatable bonds is 23. The topological polar surface area (TPSA) is 40.5 Å². The summed E-state index contributed by atoms with van der Waals surface area (Å²) in [5, 5.41) is 9.55. The van der Waals surface area contributed by atoms with E-state index in [2.05, 4.69) is 18.7 Å². The molecule has 1 aliphatic heterocycles. The molecule has 1 N–H and O–H groups in total. The van der Waals surface area contributed by atoms with Gasteiger partial charge in [0.2, 0.25) is 0 Å². The maximum Gasteiger partial charge on any atom is 0.320 e. The normalized spacial score (nSPS) is 17.8. The molecule has 1 heterocycles. The highest BCUT2D eigenvalue weighted by atomic mass is 16.4. The van der Waals surface area contributed by atoms with Gasteiger partial charge in [-0.2, -0.15) is 0 Å². The number of carbonyl (C=O) groups is 1. The summed E-state index contributed by atoms with van der Waals surface area (Å²) in [6.45, 7) is 6.57. The van der Waals surface area contributed by atoms with Crippen LogP contribution >= 0.6 is 0 Å². The van der Waals surface area contributed by atoms with Crippen LogP contribution in [-0.4, -0.2) is 35.1 Å². The van der Waals surface area contributed by atoms with E-state index in [-0.39, 0.29) is 6.04 Å². The van der Waals surface area contributed by atoms with Crippen molar-refractivity contribution in [1.29, 1.82) is 0 Å². The summed E-state index contributed by atoms with van der Waals surface area (Å²) in [5.41, 5.74) is 0. The monoisotopic (exact) mass is 451 g/mol. The van der Waals surface area contributed by atoms with E-state index < -0.39 is 5.97 Å². The van der Waals surface area contributed by atoms with Gasteiger partial charge in [-0.25, -0.2) is 0 Å². The van der Waals surface area contributed by atoms with E-state index >= 15 is 0 Å². The van der Waals surface area contributed by atoms with Crippen molar-refractivity contribution in [3.8, 4) is 0 Å². The summed E-state index contributed by atoms with van der Waals surface area (Å²) >= 11 is 0. The minimum atomic E-state index is -0.604. The number of hydrogen-bond acceptors (Lipinski definition) is 2. The maximum absolute atomic E-state index is 11.6. The van der Waals surface area contributed by atoms with E-state index in [9.17, 15) is 9.90 Å². The molecule has 190 valence electrons. The molecule has 0 aliphatic carbocycles. The van der Waals surface area contributed by atoms with Crippen molar-refractivity contribution in [3.05, 3.63) is 0 Å². The third kappa shape index (κ3) is 15.3. The molecule has 32 heavy (non-hydrogen) atoms. The van der Waals surface area contributed by atoms with E-state index in [1.807, 2.05) is 0 Å². The summed E-state index contributed by atoms with van der Waals surface area (Å²) in [5.74, 6) is 0.0938. The van der Waals surface area contributed by atoms with Crippen LogP contribution in [0.15, 0.2) is 0 Å². The SMILES string of the molecule is CCCCCCCCCCCCC(CCCCCCCCCC)CN1CCCC1C(=O)O. The van der Waals surface area contributed by atoms with Gasteiger partial charge in [0.05, 0.1) is 0 Å². The molecule has 1 rings (SSSR count). The largest absolute Gasteiger partial charge is 0.480 e. The van der Waals surface area contributed by atoms with Gasteiger partial charge in [0.15, 0.2) is 0 Å². The number of carboxylic acids is 1. The summed E-state index contributed by atoms with van der Waals surface area (Å²) in [7, 11) is 0. The van der Waals surface area contributed by atoms with E-state index in [1.165, 1.54) is 128 Å². The Kier molecular flexibility index (Phi) is 19.3. The number of carboxylic acid groups (broad SMARTS) is 1. The highest BCUT2D eigenvalue weighted by molar-refractivity contribution is 5.73. The lowest BCUT2D eigenvalue weighted by atomic mass is 9.93. The number of likely N-dealkylation sites (tertiary alicyclic amines) is 1. The van der Waals surface area contributed by atoms with Gasteiger partial charge in [-0.05, 0) is 38.1 Å². The summed E-state index contributed by atoms with van der Waals surface area (Å²) in [6.07, 6.45) is 29.4. The van der Waals surface area contributed by atoms with Crippen LogP contribution in [0.4, 0.5) is 0 Å². The maximum atomic E-state index is 11.6. The first-order valence-electron chi connectivity index (χ1n) is 14.7. The smallest absolute Gasteiger partial charge is 0.320 e. The van der Waals surface area contributed by atoms with Crippen molar-refractivity contribution in [2.75, 3.05) is 13.1 Å². The Hall–Kier alpha value is -0.570. The molecule has 0 bridgehead atoms. The highest BCUT2D eigenvalue weighted by Crippen LogP contribution is 2.25. The fourth-order valence-corrected chi connectivity index (χ4v) is 5.47. The zero-order valence-corrected chi connectivity index (χ0v) is 21.9. The van der Waals surface area contributed by atoms with Gasteiger partial charge < -0.3 is 5.11 Å². The van der Waals surface area contributed by atoms with Gasteiger partial charge >= 0.3 is 5.97 Å². The standard InChI is InChI=1S/C29H57NO2/c1-3-5-7-9-11-13-14-16-18-20-23-27(22-19-17-15-12-10-8-6-4-2)26-30-25-21-24-28(30)29(31)32/h27-28H,3-26H2,1-2H3,(H,31,32). The second kappa shape index (κ2) is 21.0. The fraction of sp³-hybridized carbons (Fsp3) is 0.966. The predicted octanol–water partition coefficient (Wildman–Crippen LogP) is 8.99. The van der Waals surface area contributed by atoms with Crippen molar-refractivity contribution >= 4 is 5.97 Å². The average Bonchev–Trinajstić information content (AvgIpc) is 3.25. The Morgan fingerprint density at radius 1 is 0.719 bits per heavy atom. The lowest BCUT2D eigenvalue weighted by Crippen LogP contribution is -2.39. The molecule has 0 aromatic carbocycles. The molecule has 0 aromatic rings. The molecule has 2 unspecified atom stereocenters. The molecule has 0 aromatic heterocycles. The van der Waals surface area contributed by atoms with Gasteiger partial charge in [-0.15, -0.1) is 0 Å². The Balaban J connectivity index is 2.22. The van der Waals surface area contributed by atoms with Crippen LogP contribution in [0.3, 0.4) is 0 Å². The molecule has 0 spiro atoms. The van der Waals surface area contributed by atoms with Crippen LogP contribution in [-0.2, 0) is 4.79 Å². The summed E-state index contributed by atoms with van der Waals surface area (Å²) < 4.78 is 0. The summed E-state index contributed by atoms with van der Waals surface area (Å²) in [4.78, 5) is 13.9. The van der Waals surface area contributed by atoms with Crippen molar-refractivity contribution in [2.45, 2.75) is 161 Å². The average molecular weight is 452 g/mol. The molecule has 3 nitrogen and oxygen atoms in total. The Morgan fingerprint density at radius 3 is 1.53 bits per heavy atom. The zero-order valence-electron chi connectivity index (χ0n) is 21.9. The van der Waals surface area contributed by atoms with Crippen LogP contribution < -0.4 is 0 Å². The van der Waals surface area contributed by atoms with Crippen LogP contribution in [0, 0.1) is 5.92 Å². The zero-order chi connectivity index (χ0) is 23.3. The first-order chi connectivity index (χ1) is 15.7. The molecular weight excluding hydrogens is 394 g/mol. The van der Waals surface area contributed by atoms with Gasteiger partial charge in [0.1, 0.15) is 6.04 Å². The molecule has 2 atom stereocenters. The van der Waals surface area contributed by atoms with Crippen molar-refractivity contribution in [2.24, 2.45) is 5.92 Å². The van der Waals surface area contributed by atoms with Crippen LogP contribution in [0.25, 0.3) is 0 Å². The van der Waals surface area contributed by atoms with Gasteiger partial charge in [-0.1, -0.05) is 129 Å². The van der Waals surface area contributed by atoms with Crippen molar-refractivity contribution in [1.82, 2.24) is 4.90 Å². The molecule has 0 radical (unpaired) electrons. The molecule has 1 fully saturated rings. The molecule has 1 saturated heterocycles. The second-order valence-electron chi connectivity index (χ2n) is 10.6. The minimum absolute atomic E-state index is 0.219. The first-order valence-corrected chi connectivity index (χ1v) is 14.7. The summed E-state index contributed by atoms with van der Waals surface area (Å²) in [6, 6.07) is -0.219. The van der Waals surface area contributed by atoms with E-state index in [0.29, 0.717) is 5.92 Å². The highest BCUT2D eigenvalue weighted by Gasteiger charge is 2.31. The van der Waals surface area contributed by atoms with E-state index in [0.717, 1.165) is 25.9 Å². The third-order valence-electron chi connectivity index (χ3n) is 7.57. The van der Waals surface area contributed by atoms with Crippen molar-refractivity contribution in [3.63, 3.8) is 0 Å². The second-order valence-corrected chi connectivity index (χ2v) is 10.6. The number of hydrogen-bond donors (Lipinski definition) is 1. The third-order valence-corrected chi connectivity index (χ3v) is 7.57. The molecule has 0 amide bonds. The fourth-order valence-electron chi connectivity index (χ4n) is 5.47. The Bertz CT molecular complexity index is 425. The Morgan fingerprint density at radius 2 is 1.12 bits per heavy atom. The lowest BCUT2D eigenvalue weighted by Gasteiger charge is -2.27. The van der Waals surface area contributed by atoms with Crippen molar-refractivity contribution < 1.29 is 9.90 Å². The molecule has 0 saturated carbocycles. The molecular formula is C29H57NO2. The van der Waals surface area contributed by atoms with E-state index in [1.54, 1.807) is 0 Å². The van der Waals surface area contributed by atoms with Gasteiger partial charge in [-0.3, -0.25) is 9.69 Å². The number of aliphatic carboxylic acids is 1. The Labute approximate surface area is 201 Å². The lowest BCUT2D eigenvalue weighted by molar-refractivity contribution is -0.142. The predicted molar refractivity (Wildman–Crippen MR) is 139 cm³/mol.